The van der Waals surface area contributed by atoms with Crippen LogP contribution in [0.1, 0.15) is 17.0 Å². The molecule has 0 unspecified atom stereocenters. The fourth-order valence-electron chi connectivity index (χ4n) is 2.38. The van der Waals surface area contributed by atoms with Crippen molar-refractivity contribution < 1.29 is 18.3 Å². The molecule has 0 radical (unpaired) electrons. The third-order valence-corrected chi connectivity index (χ3v) is 4.10. The highest BCUT2D eigenvalue weighted by molar-refractivity contribution is 7.71. The lowest BCUT2D eigenvalue weighted by Crippen LogP contribution is -2.11. The van der Waals surface area contributed by atoms with Crippen LogP contribution in [0, 0.1) is 4.77 Å². The van der Waals surface area contributed by atoms with Gasteiger partial charge in [0.15, 0.2) is 0 Å². The predicted molar refractivity (Wildman–Crippen MR) is 104 cm³/mol. The molecule has 0 saturated carbocycles. The lowest BCUT2D eigenvalue weighted by Gasteiger charge is -2.11. The van der Waals surface area contributed by atoms with Crippen molar-refractivity contribution >= 4 is 30.0 Å². The number of hydrogen-bond donors (Lipinski definition) is 1. The zero-order valence-electron chi connectivity index (χ0n) is 14.6. The molecule has 0 fully saturated rings. The van der Waals surface area contributed by atoms with Crippen molar-refractivity contribution in [2.75, 3.05) is 7.11 Å². The van der Waals surface area contributed by atoms with Crippen LogP contribution in [0.4, 0.5) is 8.78 Å². The Balaban J connectivity index is 1.85. The highest BCUT2D eigenvalue weighted by Crippen LogP contribution is 2.30. The van der Waals surface area contributed by atoms with E-state index < -0.39 is 11.2 Å². The second kappa shape index (κ2) is 8.49. The number of rotatable bonds is 7. The van der Waals surface area contributed by atoms with E-state index in [-0.39, 0.29) is 11.4 Å². The molecule has 6 nitrogen and oxygen atoms in total. The van der Waals surface area contributed by atoms with Gasteiger partial charge in [-0.3, -0.25) is 0 Å². The molecule has 146 valence electrons. The Hall–Kier alpha value is -2.78. The van der Waals surface area contributed by atoms with Gasteiger partial charge < -0.3 is 9.47 Å². The fraction of sp³-hybridized carbons (Fsp3) is 0.167. The second-order valence-electron chi connectivity index (χ2n) is 5.58. The number of nitrogens with one attached hydrogen (secondary N) is 1. The Morgan fingerprint density at radius 2 is 2.04 bits per heavy atom. The molecule has 0 aliphatic carbocycles. The van der Waals surface area contributed by atoms with Crippen LogP contribution in [0.5, 0.6) is 11.5 Å². The number of hydrogen-bond acceptors (Lipinski definition) is 5. The van der Waals surface area contributed by atoms with E-state index in [1.165, 1.54) is 6.21 Å². The van der Waals surface area contributed by atoms with E-state index in [1.54, 1.807) is 25.3 Å². The first-order chi connectivity index (χ1) is 13.4. The molecule has 10 heteroatoms. The van der Waals surface area contributed by atoms with Crippen molar-refractivity contribution in [1.82, 2.24) is 14.9 Å². The van der Waals surface area contributed by atoms with Crippen LogP contribution in [-0.4, -0.2) is 28.2 Å². The minimum Gasteiger partial charge on any atom is -0.496 e. The minimum absolute atomic E-state index is 0.104. The number of aromatic amines is 1. The maximum atomic E-state index is 13.4. The Bertz CT molecular complexity index is 1030. The summed E-state index contributed by atoms with van der Waals surface area (Å²) in [4.78, 5) is 0. The Labute approximate surface area is 169 Å². The summed E-state index contributed by atoms with van der Waals surface area (Å²) in [5.74, 6) is 0.542. The van der Waals surface area contributed by atoms with Gasteiger partial charge in [-0.2, -0.15) is 18.6 Å². The summed E-state index contributed by atoms with van der Waals surface area (Å²) in [6.45, 7) is 0.255. The van der Waals surface area contributed by atoms with Crippen LogP contribution in [0.2, 0.25) is 0 Å². The molecule has 0 aliphatic rings. The molecule has 0 bridgehead atoms. The van der Waals surface area contributed by atoms with E-state index in [0.717, 1.165) is 10.2 Å². The van der Waals surface area contributed by atoms with Gasteiger partial charge in [-0.25, -0.2) is 5.10 Å². The van der Waals surface area contributed by atoms with Crippen LogP contribution >= 0.6 is 23.8 Å². The molecule has 3 rings (SSSR count). The Kier molecular flexibility index (Phi) is 6.05. The minimum atomic E-state index is -3.71. The summed E-state index contributed by atoms with van der Waals surface area (Å²) >= 11 is 9.95. The van der Waals surface area contributed by atoms with Gasteiger partial charge in [0.05, 0.1) is 13.3 Å². The van der Waals surface area contributed by atoms with Crippen LogP contribution < -0.4 is 9.47 Å². The standard InChI is InChI=1S/C18H15ClF2N4O2S/c1-26-15-8-7-12(9-13(15)11-27-14-5-3-2-4-6-14)10-22-25-16(18(19,20)21)23-24-17(25)28/h2-10H,11H2,1H3,(H,24,28)/b22-10+. The van der Waals surface area contributed by atoms with Crippen LogP contribution in [0.25, 0.3) is 0 Å². The van der Waals surface area contributed by atoms with Crippen molar-refractivity contribution in [3.05, 3.63) is 70.3 Å². The van der Waals surface area contributed by atoms with Crippen LogP contribution in [0.3, 0.4) is 0 Å². The van der Waals surface area contributed by atoms with E-state index in [9.17, 15) is 8.78 Å². The molecule has 1 heterocycles. The zero-order chi connectivity index (χ0) is 20.1. The lowest BCUT2D eigenvalue weighted by molar-refractivity contribution is 0.0805. The summed E-state index contributed by atoms with van der Waals surface area (Å²) in [6.07, 6.45) is 1.36. The zero-order valence-corrected chi connectivity index (χ0v) is 16.2. The molecule has 3 aromatic rings. The third kappa shape index (κ3) is 4.73. The van der Waals surface area contributed by atoms with Gasteiger partial charge in [0, 0.05) is 5.56 Å². The number of para-hydroxylation sites is 1. The first-order valence-electron chi connectivity index (χ1n) is 8.02. The molecule has 28 heavy (non-hydrogen) atoms. The molecule has 0 atom stereocenters. The van der Waals surface area contributed by atoms with Gasteiger partial charge in [0.2, 0.25) is 10.6 Å². The van der Waals surface area contributed by atoms with Crippen molar-refractivity contribution in [1.29, 1.82) is 0 Å². The fourth-order valence-corrected chi connectivity index (χ4v) is 2.68. The van der Waals surface area contributed by atoms with Crippen molar-refractivity contribution in [2.24, 2.45) is 5.10 Å². The van der Waals surface area contributed by atoms with Gasteiger partial charge in [-0.1, -0.05) is 18.2 Å². The molecular weight excluding hydrogens is 410 g/mol. The number of alkyl halides is 3. The highest BCUT2D eigenvalue weighted by Gasteiger charge is 2.35. The van der Waals surface area contributed by atoms with E-state index >= 15 is 0 Å². The molecule has 1 aromatic heterocycles. The SMILES string of the molecule is COc1ccc(/C=N/n2c(C(F)(F)Cl)n[nH]c2=S)cc1COc1ccccc1. The Morgan fingerprint density at radius 3 is 2.71 bits per heavy atom. The molecule has 2 aromatic carbocycles. The number of H-pyrrole nitrogens is 1. The topological polar surface area (TPSA) is 64.4 Å². The highest BCUT2D eigenvalue weighted by atomic mass is 35.5. The quantitative estimate of drug-likeness (QED) is 0.339. The smallest absolute Gasteiger partial charge is 0.383 e. The van der Waals surface area contributed by atoms with Gasteiger partial charge in [-0.05, 0) is 59.7 Å². The van der Waals surface area contributed by atoms with Gasteiger partial charge >= 0.3 is 5.38 Å². The van der Waals surface area contributed by atoms with E-state index in [0.29, 0.717) is 17.1 Å². The molecule has 0 saturated heterocycles. The number of aromatic nitrogens is 3. The summed E-state index contributed by atoms with van der Waals surface area (Å²) in [7, 11) is 1.55. The summed E-state index contributed by atoms with van der Waals surface area (Å²) in [5.41, 5.74) is 1.38. The molecular formula is C18H15ClF2N4O2S. The normalized spacial score (nSPS) is 11.7. The second-order valence-corrected chi connectivity index (χ2v) is 6.44. The van der Waals surface area contributed by atoms with Crippen molar-refractivity contribution in [2.45, 2.75) is 12.0 Å². The van der Waals surface area contributed by atoms with Gasteiger partial charge in [0.25, 0.3) is 0 Å². The van der Waals surface area contributed by atoms with E-state index in [1.807, 2.05) is 30.3 Å². The third-order valence-electron chi connectivity index (χ3n) is 3.67. The number of nitrogens with zero attached hydrogens (tertiary/aromatic N) is 3. The van der Waals surface area contributed by atoms with E-state index in [2.05, 4.69) is 15.3 Å². The maximum Gasteiger partial charge on any atom is 0.383 e. The first kappa shape index (κ1) is 20.0. The number of halogens is 3. The maximum absolute atomic E-state index is 13.4. The average Bonchev–Trinajstić information content (AvgIpc) is 3.06. The Morgan fingerprint density at radius 1 is 1.29 bits per heavy atom. The van der Waals surface area contributed by atoms with E-state index in [4.69, 9.17) is 33.3 Å². The lowest BCUT2D eigenvalue weighted by atomic mass is 10.1. The summed E-state index contributed by atoms with van der Waals surface area (Å²) < 4.78 is 38.5. The van der Waals surface area contributed by atoms with Crippen molar-refractivity contribution in [3.63, 3.8) is 0 Å². The molecule has 0 spiro atoms. The molecule has 0 aliphatic heterocycles. The van der Waals surface area contributed by atoms with Gasteiger partial charge in [-0.15, -0.1) is 5.10 Å². The summed E-state index contributed by atoms with van der Waals surface area (Å²) in [5, 5.41) is 5.92. The molecule has 1 N–H and O–H groups in total. The average molecular weight is 425 g/mol. The number of benzene rings is 2. The van der Waals surface area contributed by atoms with Crippen LogP contribution in [-0.2, 0) is 12.0 Å². The monoisotopic (exact) mass is 424 g/mol. The first-order valence-corrected chi connectivity index (χ1v) is 8.81. The van der Waals surface area contributed by atoms with Crippen molar-refractivity contribution in [3.8, 4) is 11.5 Å². The number of ether oxygens (including phenoxy) is 2. The summed E-state index contributed by atoms with van der Waals surface area (Å²) in [6, 6.07) is 14.5. The van der Waals surface area contributed by atoms with Crippen LogP contribution in [0.15, 0.2) is 53.6 Å². The van der Waals surface area contributed by atoms with Gasteiger partial charge in [0.1, 0.15) is 18.1 Å². The number of methoxy groups -OCH3 is 1. The molecule has 0 amide bonds. The largest absolute Gasteiger partial charge is 0.496 e. The predicted octanol–water partition coefficient (Wildman–Crippen LogP) is 4.70.